The van der Waals surface area contributed by atoms with Crippen LogP contribution in [0.3, 0.4) is 0 Å². The topological polar surface area (TPSA) is 32.6 Å². The Kier molecular flexibility index (Phi) is 2.02. The molecule has 2 aromatic rings. The molecule has 0 aliphatic carbocycles. The van der Waals surface area contributed by atoms with Gasteiger partial charge in [0.2, 0.25) is 0 Å². The van der Waals surface area contributed by atoms with Crippen molar-refractivity contribution in [2.45, 2.75) is 6.92 Å². The van der Waals surface area contributed by atoms with Gasteiger partial charge >= 0.3 is 0 Å². The molecule has 0 fully saturated rings. The molecule has 0 atom stereocenters. The molecular weight excluding hydrogens is 182 g/mol. The zero-order valence-corrected chi connectivity index (χ0v) is 8.01. The van der Waals surface area contributed by atoms with E-state index in [4.69, 9.17) is 5.21 Å². The van der Waals surface area contributed by atoms with Crippen molar-refractivity contribution in [1.82, 2.24) is 0 Å². The molecule has 2 rings (SSSR count). The molecule has 0 bridgehead atoms. The predicted octanol–water partition coefficient (Wildman–Crippen LogP) is 3.10. The Hall–Kier alpha value is -1.35. The third kappa shape index (κ3) is 1.42. The Morgan fingerprint density at radius 2 is 2.23 bits per heavy atom. The summed E-state index contributed by atoms with van der Waals surface area (Å²) in [6, 6.07) is 8.10. The number of hydrogen-bond donors (Lipinski definition) is 1. The highest BCUT2D eigenvalue weighted by molar-refractivity contribution is 7.17. The van der Waals surface area contributed by atoms with Crippen molar-refractivity contribution in [3.63, 3.8) is 0 Å². The predicted molar refractivity (Wildman–Crippen MR) is 55.8 cm³/mol. The molecule has 0 saturated heterocycles. The average molecular weight is 191 g/mol. The number of oxime groups is 1. The Morgan fingerprint density at radius 1 is 1.38 bits per heavy atom. The SMILES string of the molecule is C/C(=N\O)c1ccc2sccc2c1. The van der Waals surface area contributed by atoms with Crippen LogP contribution in [0.25, 0.3) is 10.1 Å². The standard InChI is InChI=1S/C10H9NOS/c1-7(11-12)8-2-3-10-9(6-8)4-5-13-10/h2-6,12H,1H3/b11-7+. The molecule has 1 aromatic heterocycles. The van der Waals surface area contributed by atoms with Gasteiger partial charge in [-0.15, -0.1) is 11.3 Å². The van der Waals surface area contributed by atoms with Gasteiger partial charge in [0.15, 0.2) is 0 Å². The first-order valence-electron chi connectivity index (χ1n) is 3.97. The second-order valence-electron chi connectivity index (χ2n) is 2.86. The molecule has 66 valence electrons. The van der Waals surface area contributed by atoms with Crippen LogP contribution in [0, 0.1) is 0 Å². The van der Waals surface area contributed by atoms with E-state index in [-0.39, 0.29) is 0 Å². The largest absolute Gasteiger partial charge is 0.411 e. The van der Waals surface area contributed by atoms with E-state index in [1.165, 1.54) is 10.1 Å². The van der Waals surface area contributed by atoms with Gasteiger partial charge < -0.3 is 5.21 Å². The molecule has 1 aromatic carbocycles. The Bertz CT molecular complexity index is 459. The van der Waals surface area contributed by atoms with Crippen molar-refractivity contribution < 1.29 is 5.21 Å². The van der Waals surface area contributed by atoms with E-state index in [0.29, 0.717) is 5.71 Å². The fourth-order valence-corrected chi connectivity index (χ4v) is 2.02. The summed E-state index contributed by atoms with van der Waals surface area (Å²) in [5.41, 5.74) is 1.61. The van der Waals surface area contributed by atoms with Gasteiger partial charge in [0, 0.05) is 4.70 Å². The lowest BCUT2D eigenvalue weighted by Gasteiger charge is -1.97. The smallest absolute Gasteiger partial charge is 0.0837 e. The van der Waals surface area contributed by atoms with Gasteiger partial charge in [0.25, 0.3) is 0 Å². The molecule has 1 heterocycles. The fourth-order valence-electron chi connectivity index (χ4n) is 1.25. The van der Waals surface area contributed by atoms with E-state index in [1.807, 2.05) is 18.2 Å². The number of benzene rings is 1. The van der Waals surface area contributed by atoms with Crippen LogP contribution < -0.4 is 0 Å². The van der Waals surface area contributed by atoms with Gasteiger partial charge in [0.1, 0.15) is 0 Å². The molecule has 0 saturated carbocycles. The first-order valence-corrected chi connectivity index (χ1v) is 4.85. The Labute approximate surface area is 80.1 Å². The van der Waals surface area contributed by atoms with Crippen LogP contribution >= 0.6 is 11.3 Å². The van der Waals surface area contributed by atoms with Crippen LogP contribution in [0.2, 0.25) is 0 Å². The minimum absolute atomic E-state index is 0.646. The van der Waals surface area contributed by atoms with Gasteiger partial charge in [-0.3, -0.25) is 0 Å². The number of nitrogens with zero attached hydrogens (tertiary/aromatic N) is 1. The molecule has 0 unspecified atom stereocenters. The molecule has 0 radical (unpaired) electrons. The van der Waals surface area contributed by atoms with Crippen LogP contribution in [-0.2, 0) is 0 Å². The Balaban J connectivity index is 2.60. The minimum atomic E-state index is 0.646. The summed E-state index contributed by atoms with van der Waals surface area (Å²) in [7, 11) is 0. The van der Waals surface area contributed by atoms with Gasteiger partial charge in [-0.25, -0.2) is 0 Å². The van der Waals surface area contributed by atoms with Gasteiger partial charge in [-0.2, -0.15) is 0 Å². The first-order chi connectivity index (χ1) is 6.31. The van der Waals surface area contributed by atoms with Gasteiger partial charge in [-0.05, 0) is 41.5 Å². The highest BCUT2D eigenvalue weighted by Crippen LogP contribution is 2.21. The van der Waals surface area contributed by atoms with Crippen LogP contribution in [0.4, 0.5) is 0 Å². The fraction of sp³-hybridized carbons (Fsp3) is 0.100. The zero-order valence-electron chi connectivity index (χ0n) is 7.19. The minimum Gasteiger partial charge on any atom is -0.411 e. The maximum atomic E-state index is 8.60. The van der Waals surface area contributed by atoms with Crippen LogP contribution in [0.5, 0.6) is 0 Å². The van der Waals surface area contributed by atoms with E-state index in [2.05, 4.69) is 16.6 Å². The van der Waals surface area contributed by atoms with Crippen molar-refractivity contribution in [1.29, 1.82) is 0 Å². The summed E-state index contributed by atoms with van der Waals surface area (Å²) in [6.07, 6.45) is 0. The molecule has 0 amide bonds. The molecule has 0 aliphatic heterocycles. The molecule has 0 spiro atoms. The molecule has 0 aliphatic rings. The highest BCUT2D eigenvalue weighted by atomic mass is 32.1. The molecule has 3 heteroatoms. The lowest BCUT2D eigenvalue weighted by atomic mass is 10.1. The maximum Gasteiger partial charge on any atom is 0.0837 e. The van der Waals surface area contributed by atoms with Crippen LogP contribution in [0.1, 0.15) is 12.5 Å². The Morgan fingerprint density at radius 3 is 3.00 bits per heavy atom. The molecule has 13 heavy (non-hydrogen) atoms. The van der Waals surface area contributed by atoms with Gasteiger partial charge in [0.05, 0.1) is 5.71 Å². The normalized spacial score (nSPS) is 12.2. The average Bonchev–Trinajstić information content (AvgIpc) is 2.63. The monoisotopic (exact) mass is 191 g/mol. The van der Waals surface area contributed by atoms with Crippen molar-refractivity contribution in [2.75, 3.05) is 0 Å². The number of thiophene rings is 1. The third-order valence-corrected chi connectivity index (χ3v) is 2.92. The van der Waals surface area contributed by atoms with E-state index < -0.39 is 0 Å². The summed E-state index contributed by atoms with van der Waals surface area (Å²) in [5.74, 6) is 0. The van der Waals surface area contributed by atoms with E-state index in [1.54, 1.807) is 18.3 Å². The summed E-state index contributed by atoms with van der Waals surface area (Å²) >= 11 is 1.71. The molecular formula is C10H9NOS. The maximum absolute atomic E-state index is 8.60. The van der Waals surface area contributed by atoms with Crippen molar-refractivity contribution >= 4 is 27.1 Å². The van der Waals surface area contributed by atoms with Crippen molar-refractivity contribution in [2.24, 2.45) is 5.16 Å². The first kappa shape index (κ1) is 8.26. The molecule has 2 nitrogen and oxygen atoms in total. The summed E-state index contributed by atoms with van der Waals surface area (Å²) < 4.78 is 1.26. The van der Waals surface area contributed by atoms with Crippen LogP contribution in [0.15, 0.2) is 34.8 Å². The second-order valence-corrected chi connectivity index (χ2v) is 3.81. The zero-order chi connectivity index (χ0) is 9.26. The quantitative estimate of drug-likeness (QED) is 0.419. The molecule has 1 N–H and O–H groups in total. The summed E-state index contributed by atoms with van der Waals surface area (Å²) in [5, 5.41) is 15.0. The van der Waals surface area contributed by atoms with E-state index in [0.717, 1.165) is 5.56 Å². The highest BCUT2D eigenvalue weighted by Gasteiger charge is 2.00. The third-order valence-electron chi connectivity index (χ3n) is 2.02. The second kappa shape index (κ2) is 3.18. The van der Waals surface area contributed by atoms with Crippen molar-refractivity contribution in [3.05, 3.63) is 35.2 Å². The van der Waals surface area contributed by atoms with Crippen LogP contribution in [-0.4, -0.2) is 10.9 Å². The number of hydrogen-bond acceptors (Lipinski definition) is 3. The lowest BCUT2D eigenvalue weighted by Crippen LogP contribution is -1.92. The lowest BCUT2D eigenvalue weighted by molar-refractivity contribution is 0.319. The summed E-state index contributed by atoms with van der Waals surface area (Å²) in [4.78, 5) is 0. The summed E-state index contributed by atoms with van der Waals surface area (Å²) in [6.45, 7) is 1.79. The van der Waals surface area contributed by atoms with Gasteiger partial charge in [-0.1, -0.05) is 11.2 Å². The van der Waals surface area contributed by atoms with E-state index >= 15 is 0 Å². The number of rotatable bonds is 1. The van der Waals surface area contributed by atoms with E-state index in [9.17, 15) is 0 Å². The van der Waals surface area contributed by atoms with Crippen molar-refractivity contribution in [3.8, 4) is 0 Å². The number of fused-ring (bicyclic) bond motifs is 1.